The highest BCUT2D eigenvalue weighted by Gasteiger charge is 2.20. The van der Waals surface area contributed by atoms with E-state index in [1.54, 1.807) is 17.4 Å². The van der Waals surface area contributed by atoms with Gasteiger partial charge in [-0.15, -0.1) is 11.3 Å². The van der Waals surface area contributed by atoms with Gasteiger partial charge in [-0.2, -0.15) is 0 Å². The molecule has 8 heteroatoms. The third kappa shape index (κ3) is 5.54. The van der Waals surface area contributed by atoms with Crippen LogP contribution in [0.1, 0.15) is 66.7 Å². The number of nitrogens with zero attached hydrogens (tertiary/aromatic N) is 3. The van der Waals surface area contributed by atoms with Crippen LogP contribution in [0.4, 0.5) is 5.13 Å². The summed E-state index contributed by atoms with van der Waals surface area (Å²) in [7, 11) is 0. The van der Waals surface area contributed by atoms with Gasteiger partial charge in [0.15, 0.2) is 5.13 Å². The number of nitrogens with one attached hydrogen (secondary N) is 1. The largest absolute Gasteiger partial charge is 0.478 e. The predicted molar refractivity (Wildman–Crippen MR) is 142 cm³/mol. The van der Waals surface area contributed by atoms with Crippen LogP contribution in [-0.4, -0.2) is 39.6 Å². The van der Waals surface area contributed by atoms with Crippen LogP contribution in [0.3, 0.4) is 0 Å². The molecule has 2 aromatic heterocycles. The number of aromatic nitrogens is 2. The fraction of sp³-hybridized carbons (Fsp3) is 0.393. The fourth-order valence-electron chi connectivity index (χ4n) is 5.05. The second kappa shape index (κ2) is 10.7. The molecule has 1 saturated heterocycles. The summed E-state index contributed by atoms with van der Waals surface area (Å²) in [5.41, 5.74) is 6.40. The topological polar surface area (TPSA) is 87.5 Å². The lowest BCUT2D eigenvalue weighted by Crippen LogP contribution is -2.29. The van der Waals surface area contributed by atoms with Crippen molar-refractivity contribution in [3.63, 3.8) is 0 Å². The zero-order valence-electron chi connectivity index (χ0n) is 20.6. The highest BCUT2D eigenvalue weighted by Crippen LogP contribution is 2.30. The number of carboxylic acids is 1. The number of aryl methyl sites for hydroxylation is 1. The van der Waals surface area contributed by atoms with Crippen molar-refractivity contribution in [3.05, 3.63) is 81.3 Å². The Morgan fingerprint density at radius 2 is 1.78 bits per heavy atom. The van der Waals surface area contributed by atoms with Crippen molar-refractivity contribution in [2.24, 2.45) is 0 Å². The van der Waals surface area contributed by atoms with Gasteiger partial charge in [-0.3, -0.25) is 4.79 Å². The van der Waals surface area contributed by atoms with Crippen LogP contribution >= 0.6 is 11.3 Å². The lowest BCUT2D eigenvalue weighted by Gasteiger charge is -2.25. The molecule has 0 spiro atoms. The molecular formula is C28H32N4O3S. The van der Waals surface area contributed by atoms with Crippen molar-refractivity contribution in [1.82, 2.24) is 14.9 Å². The molecular weight excluding hydrogens is 472 g/mol. The maximum atomic E-state index is 13.2. The average molecular weight is 505 g/mol. The highest BCUT2D eigenvalue weighted by atomic mass is 32.1. The fourth-order valence-corrected chi connectivity index (χ4v) is 5.92. The summed E-state index contributed by atoms with van der Waals surface area (Å²) in [6.07, 6.45) is 16.3. The van der Waals surface area contributed by atoms with Gasteiger partial charge in [-0.1, -0.05) is 18.2 Å². The summed E-state index contributed by atoms with van der Waals surface area (Å²) in [6, 6.07) is 1.93. The summed E-state index contributed by atoms with van der Waals surface area (Å²) in [4.78, 5) is 31.5. The minimum atomic E-state index is -0.843. The van der Waals surface area contributed by atoms with E-state index >= 15 is 0 Å². The Bertz CT molecular complexity index is 1290. The van der Waals surface area contributed by atoms with E-state index in [4.69, 9.17) is 10.1 Å². The molecule has 2 N–H and O–H groups in total. The first kappa shape index (κ1) is 24.3. The maximum Gasteiger partial charge on any atom is 0.331 e. The SMILES string of the molecule is Cc1cc(C(=O)NC2=CC=C(C3=CC=C(C(=O)O)CC3)CC2)n(Cc2csc(N3CCCCC3)n2)c1. The van der Waals surface area contributed by atoms with Gasteiger partial charge in [-0.05, 0) is 80.7 Å². The molecule has 0 atom stereocenters. The van der Waals surface area contributed by atoms with Gasteiger partial charge in [0.1, 0.15) is 5.69 Å². The molecule has 3 aliphatic rings. The third-order valence-corrected chi connectivity index (χ3v) is 7.97. The van der Waals surface area contributed by atoms with E-state index in [9.17, 15) is 9.59 Å². The average Bonchev–Trinajstić information content (AvgIpc) is 3.51. The van der Waals surface area contributed by atoms with Crippen LogP contribution < -0.4 is 10.2 Å². The Labute approximate surface area is 215 Å². The summed E-state index contributed by atoms with van der Waals surface area (Å²) in [5, 5.41) is 15.4. The Kier molecular flexibility index (Phi) is 7.23. The number of hydrogen-bond donors (Lipinski definition) is 2. The van der Waals surface area contributed by atoms with Gasteiger partial charge in [0.25, 0.3) is 5.91 Å². The quantitative estimate of drug-likeness (QED) is 0.530. The molecule has 0 unspecified atom stereocenters. The molecule has 0 saturated carbocycles. The lowest BCUT2D eigenvalue weighted by atomic mass is 9.88. The van der Waals surface area contributed by atoms with Crippen molar-refractivity contribution in [2.75, 3.05) is 18.0 Å². The molecule has 1 amide bonds. The van der Waals surface area contributed by atoms with Crippen molar-refractivity contribution in [1.29, 1.82) is 0 Å². The van der Waals surface area contributed by atoms with Crippen molar-refractivity contribution in [2.45, 2.75) is 58.4 Å². The lowest BCUT2D eigenvalue weighted by molar-refractivity contribution is -0.132. The number of carbonyl (C=O) groups excluding carboxylic acids is 1. The first-order chi connectivity index (χ1) is 17.5. The van der Waals surface area contributed by atoms with Crippen molar-refractivity contribution in [3.8, 4) is 0 Å². The number of piperidine rings is 1. The van der Waals surface area contributed by atoms with E-state index in [0.717, 1.165) is 54.4 Å². The minimum Gasteiger partial charge on any atom is -0.478 e. The number of anilines is 1. The van der Waals surface area contributed by atoms with E-state index in [1.165, 1.54) is 30.4 Å². The van der Waals surface area contributed by atoms with E-state index in [0.29, 0.717) is 24.2 Å². The van der Waals surface area contributed by atoms with Crippen LogP contribution in [0, 0.1) is 6.92 Å². The maximum absolute atomic E-state index is 13.2. The van der Waals surface area contributed by atoms with Crippen LogP contribution in [0.15, 0.2) is 64.4 Å². The molecule has 2 aromatic rings. The van der Waals surface area contributed by atoms with E-state index in [1.807, 2.05) is 42.0 Å². The van der Waals surface area contributed by atoms with Gasteiger partial charge >= 0.3 is 5.97 Å². The van der Waals surface area contributed by atoms with Gasteiger partial charge in [0.05, 0.1) is 12.2 Å². The molecule has 7 nitrogen and oxygen atoms in total. The Hall–Kier alpha value is -3.39. The minimum absolute atomic E-state index is 0.108. The Morgan fingerprint density at radius 1 is 1.03 bits per heavy atom. The van der Waals surface area contributed by atoms with E-state index in [2.05, 4.69) is 15.6 Å². The van der Waals surface area contributed by atoms with E-state index < -0.39 is 5.97 Å². The van der Waals surface area contributed by atoms with Crippen molar-refractivity contribution >= 4 is 28.3 Å². The Morgan fingerprint density at radius 3 is 2.44 bits per heavy atom. The van der Waals surface area contributed by atoms with E-state index in [-0.39, 0.29) is 5.91 Å². The van der Waals surface area contributed by atoms with Crippen LogP contribution in [0.5, 0.6) is 0 Å². The van der Waals surface area contributed by atoms with Gasteiger partial charge in [0, 0.05) is 35.9 Å². The standard InChI is InChI=1S/C28H32N4O3S/c1-19-15-25(32(16-19)17-24-18-36-28(30-24)31-13-3-2-4-14-31)26(33)29-23-11-9-21(10-12-23)20-5-7-22(8-6-20)27(34)35/h5,7,9,11,15-16,18H,2-4,6,8,10,12-14,17H2,1H3,(H,29,33)(H,34,35). The van der Waals surface area contributed by atoms with Crippen LogP contribution in [0.25, 0.3) is 0 Å². The van der Waals surface area contributed by atoms with Gasteiger partial charge in [-0.25, -0.2) is 9.78 Å². The van der Waals surface area contributed by atoms with Crippen LogP contribution in [0.2, 0.25) is 0 Å². The predicted octanol–water partition coefficient (Wildman–Crippen LogP) is 5.36. The monoisotopic (exact) mass is 504 g/mol. The third-order valence-electron chi connectivity index (χ3n) is 7.02. The number of rotatable bonds is 7. The van der Waals surface area contributed by atoms with Gasteiger partial charge in [0.2, 0.25) is 0 Å². The second-order valence-electron chi connectivity index (χ2n) is 9.73. The number of carbonyl (C=O) groups is 2. The smallest absolute Gasteiger partial charge is 0.331 e. The van der Waals surface area contributed by atoms with Gasteiger partial charge < -0.3 is 19.9 Å². The molecule has 0 radical (unpaired) electrons. The highest BCUT2D eigenvalue weighted by molar-refractivity contribution is 7.13. The number of allylic oxidation sites excluding steroid dienone is 7. The van der Waals surface area contributed by atoms with Crippen molar-refractivity contribution < 1.29 is 14.7 Å². The molecule has 5 rings (SSSR count). The number of aliphatic carboxylic acids is 1. The summed E-state index contributed by atoms with van der Waals surface area (Å²) in [6.45, 7) is 4.73. The summed E-state index contributed by atoms with van der Waals surface area (Å²) >= 11 is 1.69. The molecule has 36 heavy (non-hydrogen) atoms. The summed E-state index contributed by atoms with van der Waals surface area (Å²) in [5.74, 6) is -0.950. The first-order valence-electron chi connectivity index (χ1n) is 12.7. The zero-order chi connectivity index (χ0) is 25.1. The number of hydrogen-bond acceptors (Lipinski definition) is 5. The number of amides is 1. The zero-order valence-corrected chi connectivity index (χ0v) is 21.4. The molecule has 0 aromatic carbocycles. The molecule has 3 heterocycles. The molecule has 188 valence electrons. The molecule has 1 aliphatic heterocycles. The van der Waals surface area contributed by atoms with Crippen LogP contribution in [-0.2, 0) is 11.3 Å². The molecule has 1 fully saturated rings. The molecule has 2 aliphatic carbocycles. The molecule has 0 bridgehead atoms. The first-order valence-corrected chi connectivity index (χ1v) is 13.5. The second-order valence-corrected chi connectivity index (χ2v) is 10.6. The number of thiazole rings is 1. The Balaban J connectivity index is 1.24. The summed E-state index contributed by atoms with van der Waals surface area (Å²) < 4.78 is 1.99. The normalized spacial score (nSPS) is 18.2. The number of carboxylic acid groups (broad SMARTS) is 1.